The average Bonchev–Trinajstić information content (AvgIpc) is 3.14. The van der Waals surface area contributed by atoms with E-state index < -0.39 is 0 Å². The van der Waals surface area contributed by atoms with Gasteiger partial charge >= 0.3 is 0 Å². The number of hydrogen-bond acceptors (Lipinski definition) is 3. The zero-order chi connectivity index (χ0) is 13.5. The first-order valence-corrected chi connectivity index (χ1v) is 7.64. The van der Waals surface area contributed by atoms with Crippen molar-refractivity contribution in [1.29, 1.82) is 0 Å². The van der Waals surface area contributed by atoms with Gasteiger partial charge in [-0.15, -0.1) is 0 Å². The van der Waals surface area contributed by atoms with E-state index in [0.717, 1.165) is 29.7 Å². The molecule has 1 aromatic rings. The van der Waals surface area contributed by atoms with Crippen LogP contribution in [0.5, 0.6) is 5.75 Å². The molecular weight excluding hydrogens is 306 g/mol. The van der Waals surface area contributed by atoms with E-state index in [4.69, 9.17) is 15.2 Å². The summed E-state index contributed by atoms with van der Waals surface area (Å²) in [5, 5.41) is 0. The van der Waals surface area contributed by atoms with Gasteiger partial charge in [-0.25, -0.2) is 0 Å². The minimum atomic E-state index is -0.199. The fraction of sp³-hybridized carbons (Fsp3) is 0.600. The highest BCUT2D eigenvalue weighted by Crippen LogP contribution is 2.43. The van der Waals surface area contributed by atoms with Gasteiger partial charge in [-0.3, -0.25) is 0 Å². The van der Waals surface area contributed by atoms with Crippen LogP contribution in [0.2, 0.25) is 0 Å². The van der Waals surface area contributed by atoms with Crippen molar-refractivity contribution in [3.8, 4) is 5.75 Å². The van der Waals surface area contributed by atoms with Gasteiger partial charge in [0.25, 0.3) is 0 Å². The van der Waals surface area contributed by atoms with E-state index in [1.165, 1.54) is 18.4 Å². The first-order valence-electron chi connectivity index (χ1n) is 6.85. The van der Waals surface area contributed by atoms with Crippen molar-refractivity contribution in [1.82, 2.24) is 0 Å². The van der Waals surface area contributed by atoms with E-state index in [9.17, 15) is 0 Å². The molecule has 3 rings (SSSR count). The molecule has 4 heteroatoms. The Bertz CT molecular complexity index is 475. The minimum absolute atomic E-state index is 0.199. The lowest BCUT2D eigenvalue weighted by atomic mass is 9.83. The molecule has 2 atom stereocenters. The van der Waals surface area contributed by atoms with Gasteiger partial charge in [-0.2, -0.15) is 0 Å². The monoisotopic (exact) mass is 325 g/mol. The van der Waals surface area contributed by atoms with E-state index in [0.29, 0.717) is 5.92 Å². The van der Waals surface area contributed by atoms with E-state index in [-0.39, 0.29) is 11.6 Å². The van der Waals surface area contributed by atoms with Crippen molar-refractivity contribution in [3.05, 3.63) is 28.2 Å². The van der Waals surface area contributed by atoms with E-state index in [1.54, 1.807) is 7.11 Å². The molecule has 0 aromatic heterocycles. The first kappa shape index (κ1) is 13.4. The number of hydrogen-bond donors (Lipinski definition) is 1. The van der Waals surface area contributed by atoms with Crippen LogP contribution in [-0.2, 0) is 11.2 Å². The second-order valence-electron chi connectivity index (χ2n) is 5.76. The molecule has 1 heterocycles. The molecular formula is C15H20BrNO2. The van der Waals surface area contributed by atoms with Crippen molar-refractivity contribution < 1.29 is 9.47 Å². The summed E-state index contributed by atoms with van der Waals surface area (Å²) < 4.78 is 12.1. The average molecular weight is 326 g/mol. The Hall–Kier alpha value is -0.580. The highest BCUT2D eigenvalue weighted by Gasteiger charge is 2.48. The molecule has 2 N–H and O–H groups in total. The Morgan fingerprint density at radius 3 is 2.89 bits per heavy atom. The SMILES string of the molecule is COc1ccc(CC2(N)CCOC2C2CC2)cc1Br. The topological polar surface area (TPSA) is 44.5 Å². The van der Waals surface area contributed by atoms with Gasteiger partial charge in [-0.05, 0) is 65.2 Å². The number of nitrogens with two attached hydrogens (primary N) is 1. The van der Waals surface area contributed by atoms with Crippen molar-refractivity contribution in [2.24, 2.45) is 11.7 Å². The third-order valence-electron chi connectivity index (χ3n) is 4.23. The Kier molecular flexibility index (Phi) is 3.58. The smallest absolute Gasteiger partial charge is 0.133 e. The van der Waals surface area contributed by atoms with Crippen LogP contribution in [0.25, 0.3) is 0 Å². The van der Waals surface area contributed by atoms with Crippen molar-refractivity contribution in [3.63, 3.8) is 0 Å². The first-order chi connectivity index (χ1) is 9.12. The Morgan fingerprint density at radius 2 is 2.26 bits per heavy atom. The van der Waals surface area contributed by atoms with Crippen molar-refractivity contribution in [2.75, 3.05) is 13.7 Å². The Labute approximate surface area is 122 Å². The molecule has 1 aliphatic carbocycles. The zero-order valence-electron chi connectivity index (χ0n) is 11.2. The van der Waals surface area contributed by atoms with Crippen molar-refractivity contribution in [2.45, 2.75) is 37.3 Å². The van der Waals surface area contributed by atoms with E-state index in [1.807, 2.05) is 6.07 Å². The predicted molar refractivity (Wildman–Crippen MR) is 78.4 cm³/mol. The fourth-order valence-corrected chi connectivity index (χ4v) is 3.67. The summed E-state index contributed by atoms with van der Waals surface area (Å²) in [6, 6.07) is 6.20. The maximum Gasteiger partial charge on any atom is 0.133 e. The number of ether oxygens (including phenoxy) is 2. The zero-order valence-corrected chi connectivity index (χ0v) is 12.8. The van der Waals surface area contributed by atoms with Crippen LogP contribution >= 0.6 is 15.9 Å². The molecule has 0 radical (unpaired) electrons. The third-order valence-corrected chi connectivity index (χ3v) is 4.85. The Balaban J connectivity index is 1.78. The molecule has 1 saturated heterocycles. The van der Waals surface area contributed by atoms with E-state index in [2.05, 4.69) is 28.1 Å². The van der Waals surface area contributed by atoms with Crippen LogP contribution in [0.15, 0.2) is 22.7 Å². The standard InChI is InChI=1S/C15H20BrNO2/c1-18-13-5-2-10(8-12(13)16)9-15(17)6-7-19-14(15)11-3-4-11/h2,5,8,11,14H,3-4,6-7,9,17H2,1H3. The van der Waals surface area contributed by atoms with Crippen LogP contribution < -0.4 is 10.5 Å². The summed E-state index contributed by atoms with van der Waals surface area (Å²) in [6.07, 6.45) is 4.62. The molecule has 1 aromatic carbocycles. The summed E-state index contributed by atoms with van der Waals surface area (Å²) in [7, 11) is 1.68. The summed E-state index contributed by atoms with van der Waals surface area (Å²) >= 11 is 3.53. The molecule has 2 fully saturated rings. The lowest BCUT2D eigenvalue weighted by molar-refractivity contribution is 0.0626. The molecule has 19 heavy (non-hydrogen) atoms. The van der Waals surface area contributed by atoms with E-state index >= 15 is 0 Å². The van der Waals surface area contributed by atoms with Gasteiger partial charge in [0, 0.05) is 12.1 Å². The van der Waals surface area contributed by atoms with Crippen LogP contribution in [0.4, 0.5) is 0 Å². The second kappa shape index (κ2) is 5.08. The summed E-state index contributed by atoms with van der Waals surface area (Å²) in [5.41, 5.74) is 7.67. The molecule has 2 unspecified atom stereocenters. The van der Waals surface area contributed by atoms with Gasteiger partial charge in [-0.1, -0.05) is 6.07 Å². The predicted octanol–water partition coefficient (Wildman–Crippen LogP) is 2.90. The molecule has 3 nitrogen and oxygen atoms in total. The molecule has 0 spiro atoms. The normalized spacial score (nSPS) is 30.6. The molecule has 1 aliphatic heterocycles. The van der Waals surface area contributed by atoms with Gasteiger partial charge in [0.1, 0.15) is 5.75 Å². The van der Waals surface area contributed by atoms with Crippen LogP contribution in [0.3, 0.4) is 0 Å². The molecule has 0 amide bonds. The largest absolute Gasteiger partial charge is 0.496 e. The minimum Gasteiger partial charge on any atom is -0.496 e. The van der Waals surface area contributed by atoms with Gasteiger partial charge < -0.3 is 15.2 Å². The molecule has 104 valence electrons. The molecule has 0 bridgehead atoms. The third kappa shape index (κ3) is 2.67. The molecule has 1 saturated carbocycles. The summed E-state index contributed by atoms with van der Waals surface area (Å²) in [6.45, 7) is 0.801. The maximum absolute atomic E-state index is 6.63. The van der Waals surface area contributed by atoms with Gasteiger partial charge in [0.2, 0.25) is 0 Å². The number of benzene rings is 1. The summed E-state index contributed by atoms with van der Waals surface area (Å²) in [5.74, 6) is 1.55. The fourth-order valence-electron chi connectivity index (χ4n) is 3.08. The van der Waals surface area contributed by atoms with Crippen molar-refractivity contribution >= 4 is 15.9 Å². The molecule has 2 aliphatic rings. The van der Waals surface area contributed by atoms with Crippen LogP contribution in [0.1, 0.15) is 24.8 Å². The lowest BCUT2D eigenvalue weighted by Crippen LogP contribution is -2.50. The number of halogens is 1. The maximum atomic E-state index is 6.63. The quantitative estimate of drug-likeness (QED) is 0.925. The number of methoxy groups -OCH3 is 1. The number of rotatable bonds is 4. The highest BCUT2D eigenvalue weighted by atomic mass is 79.9. The lowest BCUT2D eigenvalue weighted by Gasteiger charge is -2.30. The van der Waals surface area contributed by atoms with Crippen LogP contribution in [0, 0.1) is 5.92 Å². The Morgan fingerprint density at radius 1 is 1.47 bits per heavy atom. The second-order valence-corrected chi connectivity index (χ2v) is 6.61. The van der Waals surface area contributed by atoms with Crippen LogP contribution in [-0.4, -0.2) is 25.4 Å². The summed E-state index contributed by atoms with van der Waals surface area (Å²) in [4.78, 5) is 0. The highest BCUT2D eigenvalue weighted by molar-refractivity contribution is 9.10. The van der Waals surface area contributed by atoms with Gasteiger partial charge in [0.05, 0.1) is 17.7 Å². The van der Waals surface area contributed by atoms with Gasteiger partial charge in [0.15, 0.2) is 0 Å².